The molecule has 0 amide bonds. The summed E-state index contributed by atoms with van der Waals surface area (Å²) in [5.74, 6) is -0.211. The highest BCUT2D eigenvalue weighted by Crippen LogP contribution is 1.96. The third-order valence-electron chi connectivity index (χ3n) is 1.43. The number of rotatable bonds is 1. The van der Waals surface area contributed by atoms with Crippen LogP contribution in [-0.2, 0) is 9.53 Å². The van der Waals surface area contributed by atoms with E-state index in [0.29, 0.717) is 6.61 Å². The van der Waals surface area contributed by atoms with Crippen LogP contribution in [0, 0.1) is 13.8 Å². The largest absolute Gasteiger partial charge is 0.466 e. The number of hydrogen-bond donors (Lipinski definition) is 1. The van der Waals surface area contributed by atoms with Gasteiger partial charge in [-0.15, -0.1) is 0 Å². The number of esters is 1. The second-order valence-electron chi connectivity index (χ2n) is 2.58. The van der Waals surface area contributed by atoms with Crippen LogP contribution < -0.4 is 0 Å². The fourth-order valence-electron chi connectivity index (χ4n) is 0.622. The van der Waals surface area contributed by atoms with E-state index in [2.05, 4.69) is 14.9 Å². The summed E-state index contributed by atoms with van der Waals surface area (Å²) in [6.07, 6.45) is 1.88. The lowest BCUT2D eigenvalue weighted by Gasteiger charge is -1.89. The van der Waals surface area contributed by atoms with E-state index in [9.17, 15) is 4.79 Å². The van der Waals surface area contributed by atoms with Crippen molar-refractivity contribution >= 4 is 5.97 Å². The summed E-state index contributed by atoms with van der Waals surface area (Å²) in [7, 11) is 0. The van der Waals surface area contributed by atoms with Crippen molar-refractivity contribution in [3.8, 4) is 0 Å². The Morgan fingerprint density at radius 1 is 1.62 bits per heavy atom. The molecule has 4 heteroatoms. The van der Waals surface area contributed by atoms with Crippen LogP contribution in [0.4, 0.5) is 0 Å². The Labute approximate surface area is 78.3 Å². The average Bonchev–Trinajstić information content (AvgIpc) is 2.37. The van der Waals surface area contributed by atoms with E-state index in [4.69, 9.17) is 0 Å². The van der Waals surface area contributed by atoms with E-state index < -0.39 is 0 Å². The van der Waals surface area contributed by atoms with Gasteiger partial charge in [-0.1, -0.05) is 0 Å². The molecule has 0 aliphatic carbocycles. The lowest BCUT2D eigenvalue weighted by molar-refractivity contribution is -0.140. The molecular formula is C9H16N2O2. The normalized spacial score (nSPS) is 8.62. The van der Waals surface area contributed by atoms with Gasteiger partial charge in [0, 0.05) is 13.1 Å². The first-order chi connectivity index (χ1) is 6.07. The van der Waals surface area contributed by atoms with Crippen molar-refractivity contribution in [2.24, 2.45) is 0 Å². The predicted molar refractivity (Wildman–Crippen MR) is 50.4 cm³/mol. The predicted octanol–water partition coefficient (Wildman–Crippen LogP) is 1.60. The summed E-state index contributed by atoms with van der Waals surface area (Å²) in [4.78, 5) is 9.82. The number of ether oxygens (including phenoxy) is 1. The van der Waals surface area contributed by atoms with Gasteiger partial charge in [-0.3, -0.25) is 9.89 Å². The van der Waals surface area contributed by atoms with Crippen LogP contribution in [0.3, 0.4) is 0 Å². The quantitative estimate of drug-likeness (QED) is 0.674. The highest BCUT2D eigenvalue weighted by atomic mass is 16.5. The Kier molecular flexibility index (Phi) is 5.59. The first-order valence-corrected chi connectivity index (χ1v) is 4.18. The van der Waals surface area contributed by atoms with E-state index >= 15 is 0 Å². The van der Waals surface area contributed by atoms with Crippen LogP contribution in [0.5, 0.6) is 0 Å². The van der Waals surface area contributed by atoms with Gasteiger partial charge in [0.1, 0.15) is 0 Å². The van der Waals surface area contributed by atoms with E-state index in [1.54, 1.807) is 6.92 Å². The molecule has 1 rings (SSSR count). The highest BCUT2D eigenvalue weighted by Gasteiger charge is 1.88. The molecule has 1 heterocycles. The Bertz CT molecular complexity index is 239. The maximum atomic E-state index is 9.82. The Hall–Kier alpha value is -1.32. The minimum atomic E-state index is -0.211. The third-order valence-corrected chi connectivity index (χ3v) is 1.43. The molecule has 4 nitrogen and oxygen atoms in total. The number of aromatic amines is 1. The minimum absolute atomic E-state index is 0.211. The van der Waals surface area contributed by atoms with Gasteiger partial charge < -0.3 is 4.74 Å². The van der Waals surface area contributed by atoms with Crippen LogP contribution in [0.25, 0.3) is 0 Å². The molecule has 0 saturated carbocycles. The Morgan fingerprint density at radius 2 is 2.23 bits per heavy atom. The number of nitrogens with zero attached hydrogens (tertiary/aromatic N) is 1. The van der Waals surface area contributed by atoms with Gasteiger partial charge in [-0.25, -0.2) is 0 Å². The molecule has 0 bridgehead atoms. The Balaban J connectivity index is 0.000000226. The molecule has 0 radical (unpaired) electrons. The minimum Gasteiger partial charge on any atom is -0.466 e. The van der Waals surface area contributed by atoms with Crippen LogP contribution in [0.1, 0.15) is 25.1 Å². The first kappa shape index (κ1) is 11.7. The summed E-state index contributed by atoms with van der Waals surface area (Å²) in [5.41, 5.74) is 2.31. The van der Waals surface area contributed by atoms with Crippen molar-refractivity contribution in [1.29, 1.82) is 0 Å². The molecule has 1 aromatic heterocycles. The lowest BCUT2D eigenvalue weighted by Crippen LogP contribution is -1.95. The summed E-state index contributed by atoms with van der Waals surface area (Å²) in [6, 6.07) is 0. The van der Waals surface area contributed by atoms with E-state index in [0.717, 1.165) is 5.69 Å². The van der Waals surface area contributed by atoms with E-state index in [1.807, 2.05) is 20.0 Å². The molecule has 0 aliphatic rings. The van der Waals surface area contributed by atoms with Gasteiger partial charge in [0.2, 0.25) is 0 Å². The zero-order chi connectivity index (χ0) is 10.3. The van der Waals surface area contributed by atoms with Gasteiger partial charge >= 0.3 is 5.97 Å². The molecule has 0 fully saturated rings. The summed E-state index contributed by atoms with van der Waals surface area (Å²) < 4.78 is 4.40. The number of carbonyl (C=O) groups excluding carboxylic acids is 1. The molecule has 0 aliphatic heterocycles. The first-order valence-electron chi connectivity index (χ1n) is 4.18. The molecule has 1 N–H and O–H groups in total. The van der Waals surface area contributed by atoms with Crippen molar-refractivity contribution in [3.05, 3.63) is 17.5 Å². The smallest absolute Gasteiger partial charge is 0.302 e. The number of carbonyl (C=O) groups is 1. The fourth-order valence-corrected chi connectivity index (χ4v) is 0.622. The maximum Gasteiger partial charge on any atom is 0.302 e. The van der Waals surface area contributed by atoms with Gasteiger partial charge in [-0.2, -0.15) is 5.10 Å². The maximum absolute atomic E-state index is 9.82. The highest BCUT2D eigenvalue weighted by molar-refractivity contribution is 5.65. The van der Waals surface area contributed by atoms with Crippen molar-refractivity contribution in [2.75, 3.05) is 6.61 Å². The summed E-state index contributed by atoms with van der Waals surface area (Å²) in [5, 5.41) is 6.64. The molecule has 0 saturated heterocycles. The van der Waals surface area contributed by atoms with E-state index in [-0.39, 0.29) is 5.97 Å². The molecule has 1 aromatic rings. The van der Waals surface area contributed by atoms with Gasteiger partial charge in [0.05, 0.1) is 12.3 Å². The molecule has 74 valence electrons. The van der Waals surface area contributed by atoms with Gasteiger partial charge in [0.25, 0.3) is 0 Å². The molecule has 0 spiro atoms. The number of nitrogens with one attached hydrogen (secondary N) is 1. The molecule has 0 unspecified atom stereocenters. The second-order valence-corrected chi connectivity index (χ2v) is 2.58. The topological polar surface area (TPSA) is 55.0 Å². The summed E-state index contributed by atoms with van der Waals surface area (Å²) in [6.45, 7) is 7.66. The van der Waals surface area contributed by atoms with Crippen LogP contribution in [0.2, 0.25) is 0 Å². The Morgan fingerprint density at radius 3 is 2.31 bits per heavy atom. The van der Waals surface area contributed by atoms with Gasteiger partial charge in [-0.05, 0) is 26.3 Å². The van der Waals surface area contributed by atoms with Crippen molar-refractivity contribution < 1.29 is 9.53 Å². The second kappa shape index (κ2) is 6.22. The summed E-state index contributed by atoms with van der Waals surface area (Å²) >= 11 is 0. The average molecular weight is 184 g/mol. The van der Waals surface area contributed by atoms with Crippen molar-refractivity contribution in [2.45, 2.75) is 27.7 Å². The molecule has 0 aromatic carbocycles. The van der Waals surface area contributed by atoms with Crippen LogP contribution in [0.15, 0.2) is 6.20 Å². The van der Waals surface area contributed by atoms with Crippen molar-refractivity contribution in [3.63, 3.8) is 0 Å². The third kappa shape index (κ3) is 5.90. The van der Waals surface area contributed by atoms with Crippen molar-refractivity contribution in [1.82, 2.24) is 10.2 Å². The monoisotopic (exact) mass is 184 g/mol. The molecule has 13 heavy (non-hydrogen) atoms. The van der Waals surface area contributed by atoms with Gasteiger partial charge in [0.15, 0.2) is 0 Å². The van der Waals surface area contributed by atoms with Crippen LogP contribution >= 0.6 is 0 Å². The lowest BCUT2D eigenvalue weighted by atomic mass is 10.3. The van der Waals surface area contributed by atoms with Crippen LogP contribution in [-0.4, -0.2) is 22.8 Å². The number of aryl methyl sites for hydroxylation is 2. The number of H-pyrrole nitrogens is 1. The standard InChI is InChI=1S/C5H8N2.C4H8O2/c1-4-3-6-7-5(4)2;1-3-6-4(2)5/h3H,1-2H3,(H,6,7);3H2,1-2H3. The SMILES string of the molecule is CCOC(C)=O.Cc1c[nH]nc1C. The number of hydrogen-bond acceptors (Lipinski definition) is 3. The number of aromatic nitrogens is 2. The fraction of sp³-hybridized carbons (Fsp3) is 0.556. The zero-order valence-corrected chi connectivity index (χ0v) is 8.55. The molecule has 0 atom stereocenters. The molecular weight excluding hydrogens is 168 g/mol. The van der Waals surface area contributed by atoms with E-state index in [1.165, 1.54) is 12.5 Å². The zero-order valence-electron chi connectivity index (χ0n) is 8.55.